The van der Waals surface area contributed by atoms with Crippen molar-refractivity contribution >= 4 is 12.0 Å². The van der Waals surface area contributed by atoms with E-state index in [1.807, 2.05) is 47.4 Å². The number of aromatic nitrogens is 1. The van der Waals surface area contributed by atoms with Crippen LogP contribution >= 0.6 is 0 Å². The first-order valence-electron chi connectivity index (χ1n) is 11.0. The third kappa shape index (κ3) is 4.19. The summed E-state index contributed by atoms with van der Waals surface area (Å²) in [5, 5.41) is 4.28. The summed E-state index contributed by atoms with van der Waals surface area (Å²) >= 11 is 0. The summed E-state index contributed by atoms with van der Waals surface area (Å²) in [5.74, 6) is 0.935. The third-order valence-corrected chi connectivity index (χ3v) is 6.35. The molecule has 0 radical (unpaired) electrons. The van der Waals surface area contributed by atoms with E-state index >= 15 is 0 Å². The van der Waals surface area contributed by atoms with Gasteiger partial charge in [0.1, 0.15) is 0 Å². The number of hydrogen-bond donors (Lipinski definition) is 0. The van der Waals surface area contributed by atoms with E-state index in [0.29, 0.717) is 0 Å². The molecule has 2 heterocycles. The zero-order chi connectivity index (χ0) is 21.1. The zero-order valence-electron chi connectivity index (χ0n) is 17.6. The number of amides is 1. The van der Waals surface area contributed by atoms with Crippen LogP contribution in [0.1, 0.15) is 24.1 Å². The molecule has 2 fully saturated rings. The van der Waals surface area contributed by atoms with Crippen LogP contribution in [0.3, 0.4) is 0 Å². The Labute approximate surface area is 183 Å². The van der Waals surface area contributed by atoms with Gasteiger partial charge >= 0.3 is 0 Å². The van der Waals surface area contributed by atoms with Crippen LogP contribution < -0.4 is 0 Å². The van der Waals surface area contributed by atoms with Crippen LogP contribution in [0.2, 0.25) is 0 Å². The van der Waals surface area contributed by atoms with Gasteiger partial charge in [-0.25, -0.2) is 0 Å². The van der Waals surface area contributed by atoms with Gasteiger partial charge in [0.15, 0.2) is 5.76 Å². The van der Waals surface area contributed by atoms with Gasteiger partial charge in [-0.3, -0.25) is 9.69 Å². The van der Waals surface area contributed by atoms with E-state index in [2.05, 4.69) is 46.5 Å². The van der Waals surface area contributed by atoms with Gasteiger partial charge in [0, 0.05) is 44.4 Å². The summed E-state index contributed by atoms with van der Waals surface area (Å²) in [6, 6.07) is 22.2. The maximum atomic E-state index is 13.3. The predicted octanol–water partition coefficient (Wildman–Crippen LogP) is 4.23. The lowest BCUT2D eigenvalue weighted by atomic mass is 9.99. The third-order valence-electron chi connectivity index (χ3n) is 6.35. The maximum Gasteiger partial charge on any atom is 0.235 e. The van der Waals surface area contributed by atoms with Gasteiger partial charge in [-0.1, -0.05) is 78.0 Å². The monoisotopic (exact) mass is 413 g/mol. The first-order chi connectivity index (χ1) is 15.2. The van der Waals surface area contributed by atoms with Crippen molar-refractivity contribution in [1.29, 1.82) is 0 Å². The lowest BCUT2D eigenvalue weighted by molar-refractivity contribution is -0.135. The highest BCUT2D eigenvalue weighted by atomic mass is 16.5. The van der Waals surface area contributed by atoms with E-state index < -0.39 is 5.41 Å². The lowest BCUT2D eigenvalue weighted by Crippen LogP contribution is -2.51. The Hall–Kier alpha value is -3.18. The molecule has 1 aliphatic heterocycles. The number of carbonyl (C=O) groups is 1. The van der Waals surface area contributed by atoms with Crippen LogP contribution in [0.4, 0.5) is 0 Å². The fourth-order valence-electron chi connectivity index (χ4n) is 4.28. The van der Waals surface area contributed by atoms with Crippen LogP contribution in [0.5, 0.6) is 0 Å². The molecule has 3 aromatic rings. The minimum atomic E-state index is -0.480. The number of rotatable bonds is 6. The van der Waals surface area contributed by atoms with Crippen molar-refractivity contribution < 1.29 is 9.32 Å². The Bertz CT molecular complexity index is 1050. The van der Waals surface area contributed by atoms with Crippen LogP contribution in [-0.2, 0) is 10.2 Å². The van der Waals surface area contributed by atoms with Crippen LogP contribution in [-0.4, -0.2) is 53.6 Å². The van der Waals surface area contributed by atoms with Crippen molar-refractivity contribution in [2.24, 2.45) is 0 Å². The molecule has 0 unspecified atom stereocenters. The molecule has 1 saturated carbocycles. The Balaban J connectivity index is 1.18. The number of piperazine rings is 1. The first kappa shape index (κ1) is 19.8. The summed E-state index contributed by atoms with van der Waals surface area (Å²) in [4.78, 5) is 17.8. The highest BCUT2D eigenvalue weighted by Gasteiger charge is 2.55. The van der Waals surface area contributed by atoms with Crippen molar-refractivity contribution in [3.63, 3.8) is 0 Å². The highest BCUT2D eigenvalue weighted by Crippen LogP contribution is 2.49. The SMILES string of the molecule is O=C(N1CCN(C/C=C/c2ccccc2)CC1)C1(c2cc(-c3ccccc3)on2)CC1. The van der Waals surface area contributed by atoms with Crippen molar-refractivity contribution in [2.75, 3.05) is 32.7 Å². The second-order valence-electron chi connectivity index (χ2n) is 8.43. The molecule has 5 heteroatoms. The second-order valence-corrected chi connectivity index (χ2v) is 8.43. The van der Waals surface area contributed by atoms with Crippen molar-refractivity contribution in [3.05, 3.63) is 84.1 Å². The molecule has 158 valence electrons. The number of hydrogen-bond acceptors (Lipinski definition) is 4. The standard InChI is InChI=1S/C26H27N3O2/c30-25(26(13-14-26)24-20-23(31-27-24)22-11-5-2-6-12-22)29-18-16-28(17-19-29)15-7-10-21-8-3-1-4-9-21/h1-12,20H,13-19H2/b10-7+. The summed E-state index contributed by atoms with van der Waals surface area (Å²) in [6.45, 7) is 4.24. The number of carbonyl (C=O) groups excluding carboxylic acids is 1. The summed E-state index contributed by atoms with van der Waals surface area (Å²) in [5.41, 5.74) is 2.51. The van der Waals surface area contributed by atoms with Gasteiger partial charge < -0.3 is 9.42 Å². The minimum Gasteiger partial charge on any atom is -0.356 e. The van der Waals surface area contributed by atoms with E-state index in [-0.39, 0.29) is 5.91 Å². The zero-order valence-corrected chi connectivity index (χ0v) is 17.6. The molecular formula is C26H27N3O2. The Morgan fingerprint density at radius 3 is 2.32 bits per heavy atom. The van der Waals surface area contributed by atoms with E-state index in [1.54, 1.807) is 0 Å². The van der Waals surface area contributed by atoms with Gasteiger partial charge in [0.05, 0.1) is 11.1 Å². The fraction of sp³-hybridized carbons (Fsp3) is 0.308. The van der Waals surface area contributed by atoms with Gasteiger partial charge in [-0.2, -0.15) is 0 Å². The predicted molar refractivity (Wildman–Crippen MR) is 121 cm³/mol. The lowest BCUT2D eigenvalue weighted by Gasteiger charge is -2.35. The summed E-state index contributed by atoms with van der Waals surface area (Å²) in [7, 11) is 0. The minimum absolute atomic E-state index is 0.208. The fourth-order valence-corrected chi connectivity index (χ4v) is 4.28. The average molecular weight is 414 g/mol. The smallest absolute Gasteiger partial charge is 0.235 e. The van der Waals surface area contributed by atoms with Gasteiger partial charge in [-0.15, -0.1) is 0 Å². The molecule has 0 atom stereocenters. The first-order valence-corrected chi connectivity index (χ1v) is 11.0. The van der Waals surface area contributed by atoms with E-state index in [4.69, 9.17) is 4.52 Å². The molecule has 2 aromatic carbocycles. The van der Waals surface area contributed by atoms with Gasteiger partial charge in [0.2, 0.25) is 5.91 Å². The molecule has 31 heavy (non-hydrogen) atoms. The van der Waals surface area contributed by atoms with Crippen molar-refractivity contribution in [3.8, 4) is 11.3 Å². The molecule has 1 amide bonds. The largest absolute Gasteiger partial charge is 0.356 e. The molecule has 0 bridgehead atoms. The Morgan fingerprint density at radius 1 is 0.968 bits per heavy atom. The molecule has 1 aliphatic carbocycles. The van der Waals surface area contributed by atoms with Gasteiger partial charge in [0.25, 0.3) is 0 Å². The van der Waals surface area contributed by atoms with Gasteiger partial charge in [-0.05, 0) is 18.4 Å². The maximum absolute atomic E-state index is 13.3. The number of nitrogens with zero attached hydrogens (tertiary/aromatic N) is 3. The average Bonchev–Trinajstić information content (AvgIpc) is 3.49. The van der Waals surface area contributed by atoms with E-state index in [9.17, 15) is 4.79 Å². The van der Waals surface area contributed by atoms with Crippen LogP contribution in [0, 0.1) is 0 Å². The molecule has 5 nitrogen and oxygen atoms in total. The normalized spacial score (nSPS) is 18.4. The molecule has 2 aliphatic rings. The van der Waals surface area contributed by atoms with Crippen molar-refractivity contribution in [2.45, 2.75) is 18.3 Å². The molecule has 0 N–H and O–H groups in total. The van der Waals surface area contributed by atoms with Crippen LogP contribution in [0.15, 0.2) is 77.3 Å². The second kappa shape index (κ2) is 8.52. The molecule has 5 rings (SSSR count). The van der Waals surface area contributed by atoms with E-state index in [1.165, 1.54) is 5.56 Å². The molecular weight excluding hydrogens is 386 g/mol. The molecule has 0 spiro atoms. The quantitative estimate of drug-likeness (QED) is 0.607. The Kier molecular flexibility index (Phi) is 5.43. The van der Waals surface area contributed by atoms with Crippen LogP contribution in [0.25, 0.3) is 17.4 Å². The summed E-state index contributed by atoms with van der Waals surface area (Å²) < 4.78 is 5.58. The topological polar surface area (TPSA) is 49.6 Å². The number of benzene rings is 2. The summed E-state index contributed by atoms with van der Waals surface area (Å²) in [6.07, 6.45) is 6.07. The van der Waals surface area contributed by atoms with Crippen molar-refractivity contribution in [1.82, 2.24) is 15.0 Å². The Morgan fingerprint density at radius 2 is 1.65 bits per heavy atom. The van der Waals surface area contributed by atoms with E-state index in [0.717, 1.165) is 62.6 Å². The molecule has 1 saturated heterocycles. The molecule has 1 aromatic heterocycles. The highest BCUT2D eigenvalue weighted by molar-refractivity contribution is 5.91.